The molecule has 1 saturated heterocycles. The molecule has 23 heavy (non-hydrogen) atoms. The van der Waals surface area contributed by atoms with Gasteiger partial charge in [0.25, 0.3) is 10.1 Å². The Labute approximate surface area is 131 Å². The van der Waals surface area contributed by atoms with E-state index < -0.39 is 58.1 Å². The van der Waals surface area contributed by atoms with Crippen LogP contribution in [-0.4, -0.2) is 66.0 Å². The summed E-state index contributed by atoms with van der Waals surface area (Å²) in [5, 5.41) is 9.78. The molecule has 1 aliphatic rings. The van der Waals surface area contributed by atoms with Crippen molar-refractivity contribution in [2.45, 2.75) is 50.8 Å². The lowest BCUT2D eigenvalue weighted by atomic mass is 10.0. The van der Waals surface area contributed by atoms with Gasteiger partial charge >= 0.3 is 17.9 Å². The van der Waals surface area contributed by atoms with Gasteiger partial charge in [-0.15, -0.1) is 0 Å². The SMILES string of the molecule is CC(=O)O[C@@H]1[C@@H](OC(C)=O)[C@H](OC(C)=O)C(S(=O)(=O)O)O[C@H]1O. The third kappa shape index (κ3) is 5.13. The van der Waals surface area contributed by atoms with Gasteiger partial charge in [-0.1, -0.05) is 0 Å². The first kappa shape index (κ1) is 19.3. The maximum absolute atomic E-state index is 11.4. The lowest BCUT2D eigenvalue weighted by Gasteiger charge is -2.41. The Kier molecular flexibility index (Phi) is 6.04. The monoisotopic (exact) mass is 356 g/mol. The zero-order chi connectivity index (χ0) is 17.9. The summed E-state index contributed by atoms with van der Waals surface area (Å²) in [5.74, 6) is -2.82. The smallest absolute Gasteiger partial charge is 0.303 e. The molecule has 0 radical (unpaired) electrons. The zero-order valence-corrected chi connectivity index (χ0v) is 13.2. The van der Waals surface area contributed by atoms with Gasteiger partial charge in [-0.25, -0.2) is 0 Å². The van der Waals surface area contributed by atoms with Gasteiger partial charge in [-0.05, 0) is 0 Å². The second kappa shape index (κ2) is 7.21. The summed E-state index contributed by atoms with van der Waals surface area (Å²) in [4.78, 5) is 33.5. The van der Waals surface area contributed by atoms with E-state index in [9.17, 15) is 27.9 Å². The summed E-state index contributed by atoms with van der Waals surface area (Å²) in [7, 11) is -4.97. The van der Waals surface area contributed by atoms with Crippen molar-refractivity contribution in [2.24, 2.45) is 0 Å². The predicted molar refractivity (Wildman–Crippen MR) is 69.1 cm³/mol. The summed E-state index contributed by atoms with van der Waals surface area (Å²) in [6.45, 7) is 2.87. The molecule has 0 aromatic carbocycles. The first-order chi connectivity index (χ1) is 10.4. The lowest BCUT2D eigenvalue weighted by molar-refractivity contribution is -0.277. The van der Waals surface area contributed by atoms with Crippen LogP contribution in [-0.2, 0) is 43.4 Å². The summed E-state index contributed by atoms with van der Waals surface area (Å²) < 4.78 is 50.8. The quantitative estimate of drug-likeness (QED) is 0.337. The van der Waals surface area contributed by atoms with E-state index in [4.69, 9.17) is 18.8 Å². The van der Waals surface area contributed by atoms with E-state index in [2.05, 4.69) is 4.74 Å². The van der Waals surface area contributed by atoms with E-state index in [1.54, 1.807) is 0 Å². The van der Waals surface area contributed by atoms with E-state index in [1.807, 2.05) is 0 Å². The Hall–Kier alpha value is -1.76. The lowest BCUT2D eigenvalue weighted by Crippen LogP contribution is -2.62. The fourth-order valence-electron chi connectivity index (χ4n) is 1.99. The largest absolute Gasteiger partial charge is 0.454 e. The highest BCUT2D eigenvalue weighted by Gasteiger charge is 2.55. The predicted octanol–water partition coefficient (Wildman–Crippen LogP) is -1.66. The van der Waals surface area contributed by atoms with Crippen molar-refractivity contribution >= 4 is 28.0 Å². The topological polar surface area (TPSA) is 163 Å². The Balaban J connectivity index is 3.30. The standard InChI is InChI=1S/C11H16O11S/c1-4(12)19-7-8(20-5(2)13)10(15)22-11(23(16,17)18)9(7)21-6(3)14/h7-11,15H,1-3H3,(H,16,17,18)/t7-,8-,9+,10-,11?/m1/s1. The Morgan fingerprint density at radius 2 is 1.26 bits per heavy atom. The molecule has 0 amide bonds. The van der Waals surface area contributed by atoms with E-state index in [0.717, 1.165) is 20.8 Å². The molecule has 1 fully saturated rings. The number of esters is 3. The number of hydrogen-bond acceptors (Lipinski definition) is 10. The molecule has 11 nitrogen and oxygen atoms in total. The van der Waals surface area contributed by atoms with Crippen LogP contribution in [0.25, 0.3) is 0 Å². The van der Waals surface area contributed by atoms with Crippen molar-refractivity contribution in [3.8, 4) is 0 Å². The molecule has 2 N–H and O–H groups in total. The van der Waals surface area contributed by atoms with Crippen molar-refractivity contribution in [1.82, 2.24) is 0 Å². The van der Waals surface area contributed by atoms with Crippen LogP contribution in [0.1, 0.15) is 20.8 Å². The van der Waals surface area contributed by atoms with Gasteiger partial charge in [0.1, 0.15) is 0 Å². The Bertz CT molecular complexity index is 583. The third-order valence-electron chi connectivity index (χ3n) is 2.67. The van der Waals surface area contributed by atoms with Gasteiger partial charge in [0.15, 0.2) is 24.6 Å². The van der Waals surface area contributed by atoms with Crippen LogP contribution in [0.5, 0.6) is 0 Å². The summed E-state index contributed by atoms with van der Waals surface area (Å²) in [5.41, 5.74) is -2.24. The van der Waals surface area contributed by atoms with E-state index in [0.29, 0.717) is 0 Å². The van der Waals surface area contributed by atoms with Crippen molar-refractivity contribution in [1.29, 1.82) is 0 Å². The van der Waals surface area contributed by atoms with Crippen LogP contribution in [0.15, 0.2) is 0 Å². The summed E-state index contributed by atoms with van der Waals surface area (Å²) >= 11 is 0. The molecule has 1 heterocycles. The number of carbonyl (C=O) groups is 3. The van der Waals surface area contributed by atoms with Gasteiger partial charge < -0.3 is 24.1 Å². The number of hydrogen-bond donors (Lipinski definition) is 2. The first-order valence-electron chi connectivity index (χ1n) is 6.25. The van der Waals surface area contributed by atoms with Crippen molar-refractivity contribution in [2.75, 3.05) is 0 Å². The van der Waals surface area contributed by atoms with Gasteiger partial charge in [-0.3, -0.25) is 18.9 Å². The van der Waals surface area contributed by atoms with Crippen LogP contribution >= 0.6 is 0 Å². The fraction of sp³-hybridized carbons (Fsp3) is 0.727. The number of ether oxygens (including phenoxy) is 4. The van der Waals surface area contributed by atoms with E-state index in [-0.39, 0.29) is 0 Å². The zero-order valence-electron chi connectivity index (χ0n) is 12.4. The number of aliphatic hydroxyl groups is 1. The molecule has 0 spiro atoms. The van der Waals surface area contributed by atoms with Crippen molar-refractivity contribution < 1.29 is 51.4 Å². The third-order valence-corrected chi connectivity index (χ3v) is 3.64. The molecule has 1 unspecified atom stereocenters. The molecular weight excluding hydrogens is 340 g/mol. The van der Waals surface area contributed by atoms with E-state index >= 15 is 0 Å². The average molecular weight is 356 g/mol. The highest BCUT2D eigenvalue weighted by Crippen LogP contribution is 2.29. The van der Waals surface area contributed by atoms with Gasteiger partial charge in [0.2, 0.25) is 5.44 Å². The number of rotatable bonds is 4. The molecule has 0 aromatic heterocycles. The number of carbonyl (C=O) groups excluding carboxylic acids is 3. The maximum atomic E-state index is 11.4. The van der Waals surface area contributed by atoms with Gasteiger partial charge in [0, 0.05) is 20.8 Å². The van der Waals surface area contributed by atoms with Crippen molar-refractivity contribution in [3.63, 3.8) is 0 Å². The van der Waals surface area contributed by atoms with Crippen LogP contribution in [0.3, 0.4) is 0 Å². The molecule has 0 aliphatic carbocycles. The van der Waals surface area contributed by atoms with Crippen molar-refractivity contribution in [3.05, 3.63) is 0 Å². The van der Waals surface area contributed by atoms with Gasteiger partial charge in [0.05, 0.1) is 0 Å². The second-order valence-electron chi connectivity index (χ2n) is 4.63. The minimum Gasteiger partial charge on any atom is -0.454 e. The maximum Gasteiger partial charge on any atom is 0.303 e. The normalized spacial score (nSPS) is 31.1. The summed E-state index contributed by atoms with van der Waals surface area (Å²) in [6, 6.07) is 0. The molecule has 0 aromatic rings. The molecule has 0 saturated carbocycles. The molecule has 0 bridgehead atoms. The van der Waals surface area contributed by atoms with Crippen LogP contribution in [0.2, 0.25) is 0 Å². The minimum absolute atomic E-state index is 0.901. The minimum atomic E-state index is -4.97. The van der Waals surface area contributed by atoms with Crippen LogP contribution < -0.4 is 0 Å². The van der Waals surface area contributed by atoms with Crippen LogP contribution in [0, 0.1) is 0 Å². The van der Waals surface area contributed by atoms with Gasteiger partial charge in [-0.2, -0.15) is 8.42 Å². The molecular formula is C11H16O11S. The summed E-state index contributed by atoms with van der Waals surface area (Å²) in [6.07, 6.45) is -7.30. The highest BCUT2D eigenvalue weighted by molar-refractivity contribution is 7.86. The molecule has 5 atom stereocenters. The second-order valence-corrected chi connectivity index (χ2v) is 6.13. The average Bonchev–Trinajstić information content (AvgIpc) is 2.33. The highest BCUT2D eigenvalue weighted by atomic mass is 32.2. The Morgan fingerprint density at radius 3 is 1.65 bits per heavy atom. The molecule has 132 valence electrons. The van der Waals surface area contributed by atoms with Crippen LogP contribution in [0.4, 0.5) is 0 Å². The fourth-order valence-corrected chi connectivity index (χ4v) is 2.80. The molecule has 1 aliphatic heterocycles. The number of aliphatic hydroxyl groups excluding tert-OH is 1. The van der Waals surface area contributed by atoms with E-state index in [1.165, 1.54) is 0 Å². The first-order valence-corrected chi connectivity index (χ1v) is 7.75. The molecule has 1 rings (SSSR count). The Morgan fingerprint density at radius 1 is 0.870 bits per heavy atom. The molecule has 12 heteroatoms.